The van der Waals surface area contributed by atoms with Crippen LogP contribution in [0.25, 0.3) is 11.3 Å². The molecule has 1 aliphatic heterocycles. The first-order chi connectivity index (χ1) is 19.2. The molecule has 5 rings (SSSR count). The SMILES string of the molecule is Cc1cccc(C)c1-c1cc(Oc2ccc(CC(=O)N3CCNCC3)cc2)nc(NS(=O)(=O)c2cnn(C)c2)n1. The van der Waals surface area contributed by atoms with Gasteiger partial charge in [0.1, 0.15) is 10.6 Å². The van der Waals surface area contributed by atoms with Crippen LogP contribution in [0.4, 0.5) is 5.95 Å². The first-order valence-corrected chi connectivity index (χ1v) is 14.4. The third-order valence-electron chi connectivity index (χ3n) is 6.63. The highest BCUT2D eigenvalue weighted by Gasteiger charge is 2.21. The maximum absolute atomic E-state index is 13.0. The maximum atomic E-state index is 13.0. The molecule has 0 atom stereocenters. The molecule has 1 amide bonds. The summed E-state index contributed by atoms with van der Waals surface area (Å²) in [6.45, 7) is 6.96. The van der Waals surface area contributed by atoms with Gasteiger partial charge in [0.25, 0.3) is 10.0 Å². The van der Waals surface area contributed by atoms with Gasteiger partial charge in [0.2, 0.25) is 17.7 Å². The summed E-state index contributed by atoms with van der Waals surface area (Å²) in [7, 11) is -2.35. The molecular weight excluding hydrogens is 530 g/mol. The lowest BCUT2D eigenvalue weighted by molar-refractivity contribution is -0.131. The van der Waals surface area contributed by atoms with E-state index in [9.17, 15) is 13.2 Å². The molecule has 1 fully saturated rings. The number of benzene rings is 2. The second kappa shape index (κ2) is 11.4. The number of hydrogen-bond donors (Lipinski definition) is 2. The highest BCUT2D eigenvalue weighted by atomic mass is 32.2. The van der Waals surface area contributed by atoms with Gasteiger partial charge >= 0.3 is 0 Å². The van der Waals surface area contributed by atoms with Gasteiger partial charge in [-0.2, -0.15) is 10.1 Å². The highest BCUT2D eigenvalue weighted by Crippen LogP contribution is 2.31. The molecule has 40 heavy (non-hydrogen) atoms. The van der Waals surface area contributed by atoms with Crippen molar-refractivity contribution in [2.75, 3.05) is 30.9 Å². The summed E-state index contributed by atoms with van der Waals surface area (Å²) >= 11 is 0. The minimum Gasteiger partial charge on any atom is -0.439 e. The molecule has 0 saturated carbocycles. The topological polar surface area (TPSA) is 131 Å². The minimum atomic E-state index is -3.98. The molecule has 0 unspecified atom stereocenters. The third kappa shape index (κ3) is 6.29. The lowest BCUT2D eigenvalue weighted by atomic mass is 10.00. The molecule has 1 aliphatic rings. The molecule has 0 aliphatic carbocycles. The number of anilines is 1. The minimum absolute atomic E-state index is 0.00973. The van der Waals surface area contributed by atoms with Gasteiger partial charge in [-0.05, 0) is 42.7 Å². The number of ether oxygens (including phenoxy) is 1. The first-order valence-electron chi connectivity index (χ1n) is 12.9. The molecule has 1 saturated heterocycles. The fourth-order valence-electron chi connectivity index (χ4n) is 4.58. The Kier molecular flexibility index (Phi) is 7.81. The predicted molar refractivity (Wildman–Crippen MR) is 151 cm³/mol. The number of nitrogens with one attached hydrogen (secondary N) is 2. The van der Waals surface area contributed by atoms with Crippen molar-refractivity contribution in [2.45, 2.75) is 25.2 Å². The number of sulfonamides is 1. The van der Waals surface area contributed by atoms with Crippen molar-refractivity contribution in [1.82, 2.24) is 30.0 Å². The number of amides is 1. The first kappa shape index (κ1) is 27.3. The molecule has 3 heterocycles. The summed E-state index contributed by atoms with van der Waals surface area (Å²) in [6, 6.07) is 14.8. The van der Waals surface area contributed by atoms with Gasteiger partial charge in [0, 0.05) is 51.1 Å². The summed E-state index contributed by atoms with van der Waals surface area (Å²) in [4.78, 5) is 23.3. The van der Waals surface area contributed by atoms with Crippen LogP contribution in [0.15, 0.2) is 65.8 Å². The summed E-state index contributed by atoms with van der Waals surface area (Å²) in [5.41, 5.74) is 4.20. The van der Waals surface area contributed by atoms with E-state index < -0.39 is 10.0 Å². The lowest BCUT2D eigenvalue weighted by Gasteiger charge is -2.27. The number of rotatable bonds is 8. The van der Waals surface area contributed by atoms with Crippen molar-refractivity contribution in [3.8, 4) is 22.9 Å². The molecule has 2 aromatic carbocycles. The smallest absolute Gasteiger partial charge is 0.267 e. The molecule has 0 spiro atoms. The second-order valence-corrected chi connectivity index (χ2v) is 11.4. The van der Waals surface area contributed by atoms with Crippen molar-refractivity contribution in [2.24, 2.45) is 7.05 Å². The van der Waals surface area contributed by atoms with E-state index in [2.05, 4.69) is 25.1 Å². The zero-order valence-electron chi connectivity index (χ0n) is 22.6. The number of aryl methyl sites for hydroxylation is 3. The molecule has 208 valence electrons. The Morgan fingerprint density at radius 2 is 1.75 bits per heavy atom. The summed E-state index contributed by atoms with van der Waals surface area (Å²) < 4.78 is 35.9. The van der Waals surface area contributed by atoms with E-state index in [0.717, 1.165) is 35.3 Å². The number of hydrogen-bond acceptors (Lipinski definition) is 8. The number of piperazine rings is 1. The Morgan fingerprint density at radius 1 is 1.05 bits per heavy atom. The lowest BCUT2D eigenvalue weighted by Crippen LogP contribution is -2.46. The Morgan fingerprint density at radius 3 is 2.40 bits per heavy atom. The molecule has 2 N–H and O–H groups in total. The van der Waals surface area contributed by atoms with Crippen molar-refractivity contribution in [1.29, 1.82) is 0 Å². The Hall–Kier alpha value is -4.29. The number of aromatic nitrogens is 4. The Bertz CT molecular complexity index is 1610. The molecular formula is C28H31N7O4S. The van der Waals surface area contributed by atoms with Crippen LogP contribution in [0.5, 0.6) is 11.6 Å². The van der Waals surface area contributed by atoms with E-state index in [0.29, 0.717) is 31.0 Å². The average molecular weight is 562 g/mol. The van der Waals surface area contributed by atoms with Crippen LogP contribution in [0.1, 0.15) is 16.7 Å². The Balaban J connectivity index is 1.42. The number of nitrogens with zero attached hydrogens (tertiary/aromatic N) is 5. The zero-order valence-corrected chi connectivity index (χ0v) is 23.4. The van der Waals surface area contributed by atoms with E-state index in [1.807, 2.05) is 49.1 Å². The van der Waals surface area contributed by atoms with E-state index in [4.69, 9.17) is 4.74 Å². The second-order valence-electron chi connectivity index (χ2n) is 9.69. The van der Waals surface area contributed by atoms with Gasteiger partial charge in [-0.25, -0.2) is 18.1 Å². The van der Waals surface area contributed by atoms with Gasteiger partial charge in [0.15, 0.2) is 0 Å². The summed E-state index contributed by atoms with van der Waals surface area (Å²) in [6.07, 6.45) is 2.96. The van der Waals surface area contributed by atoms with E-state index in [1.54, 1.807) is 25.2 Å². The quantitative estimate of drug-likeness (QED) is 0.336. The molecule has 2 aromatic heterocycles. The van der Waals surface area contributed by atoms with Crippen molar-refractivity contribution in [3.63, 3.8) is 0 Å². The van der Waals surface area contributed by atoms with Crippen molar-refractivity contribution < 1.29 is 17.9 Å². The van der Waals surface area contributed by atoms with E-state index in [1.165, 1.54) is 17.1 Å². The summed E-state index contributed by atoms with van der Waals surface area (Å²) in [5, 5.41) is 7.19. The van der Waals surface area contributed by atoms with Gasteiger partial charge in [0.05, 0.1) is 18.3 Å². The largest absolute Gasteiger partial charge is 0.439 e. The van der Waals surface area contributed by atoms with Crippen LogP contribution in [-0.4, -0.2) is 65.2 Å². The zero-order chi connectivity index (χ0) is 28.3. The van der Waals surface area contributed by atoms with Crippen LogP contribution in [-0.2, 0) is 28.3 Å². The van der Waals surface area contributed by atoms with Gasteiger partial charge in [-0.1, -0.05) is 30.3 Å². The highest BCUT2D eigenvalue weighted by molar-refractivity contribution is 7.92. The van der Waals surface area contributed by atoms with Crippen LogP contribution in [0.2, 0.25) is 0 Å². The fourth-order valence-corrected chi connectivity index (χ4v) is 5.51. The maximum Gasteiger partial charge on any atom is 0.267 e. The standard InChI is InChI=1S/C28H31N7O4S/c1-19-5-4-6-20(2)27(19)24-16-25(32-28(31-24)33-40(37,38)23-17-30-34(3)18-23)39-22-9-7-21(8-10-22)15-26(36)35-13-11-29-12-14-35/h4-10,16-18,29H,11-15H2,1-3H3,(H,31,32,33). The predicted octanol–water partition coefficient (Wildman–Crippen LogP) is 3.06. The molecule has 4 aromatic rings. The van der Waals surface area contributed by atoms with Crippen molar-refractivity contribution >= 4 is 21.9 Å². The Labute approximate surface area is 233 Å². The number of carbonyl (C=O) groups excluding carboxylic acids is 1. The van der Waals surface area contributed by atoms with Crippen LogP contribution in [0.3, 0.4) is 0 Å². The molecule has 12 heteroatoms. The number of carbonyl (C=O) groups is 1. The fraction of sp³-hybridized carbons (Fsp3) is 0.286. The van der Waals surface area contributed by atoms with Gasteiger partial charge in [-0.3, -0.25) is 9.48 Å². The summed E-state index contributed by atoms with van der Waals surface area (Å²) in [5.74, 6) is 0.624. The molecule has 0 radical (unpaired) electrons. The van der Waals surface area contributed by atoms with E-state index >= 15 is 0 Å². The van der Waals surface area contributed by atoms with Crippen LogP contribution >= 0.6 is 0 Å². The van der Waals surface area contributed by atoms with Gasteiger partial charge in [-0.15, -0.1) is 0 Å². The third-order valence-corrected chi connectivity index (χ3v) is 7.91. The van der Waals surface area contributed by atoms with Crippen molar-refractivity contribution in [3.05, 3.63) is 77.6 Å². The van der Waals surface area contributed by atoms with Gasteiger partial charge < -0.3 is 15.0 Å². The normalized spacial score (nSPS) is 13.7. The van der Waals surface area contributed by atoms with E-state index in [-0.39, 0.29) is 22.6 Å². The molecule has 0 bridgehead atoms. The average Bonchev–Trinajstić information content (AvgIpc) is 3.37. The van der Waals surface area contributed by atoms with Crippen LogP contribution in [0, 0.1) is 13.8 Å². The monoisotopic (exact) mass is 561 g/mol. The van der Waals surface area contributed by atoms with Crippen LogP contribution < -0.4 is 14.8 Å². The molecule has 11 nitrogen and oxygen atoms in total.